The van der Waals surface area contributed by atoms with Crippen LogP contribution < -0.4 is 0 Å². The van der Waals surface area contributed by atoms with Gasteiger partial charge in [-0.2, -0.15) is 0 Å². The van der Waals surface area contributed by atoms with Crippen LogP contribution in [0.3, 0.4) is 0 Å². The first kappa shape index (κ1) is 7.50. The largest absolute Gasteiger partial charge is 0.131 e. The summed E-state index contributed by atoms with van der Waals surface area (Å²) in [5.74, 6) is 0. The first-order valence-electron chi connectivity index (χ1n) is 2.85. The molecular formula is C4H9Br2Si2. The third kappa shape index (κ3) is 1.46. The zero-order valence-corrected chi connectivity index (χ0v) is 10.0. The number of hydrogen-bond acceptors (Lipinski definition) is 0. The molecule has 0 saturated carbocycles. The second kappa shape index (κ2) is 2.56. The Labute approximate surface area is 68.8 Å². The Bertz CT molecular complexity index is 90.0. The van der Waals surface area contributed by atoms with Gasteiger partial charge in [-0.25, -0.2) is 0 Å². The van der Waals surface area contributed by atoms with Crippen molar-refractivity contribution in [1.82, 2.24) is 0 Å². The van der Waals surface area contributed by atoms with E-state index in [1.165, 1.54) is 17.4 Å². The Morgan fingerprint density at radius 2 is 2.12 bits per heavy atom. The number of hydrogen-bond donors (Lipinski definition) is 0. The molecule has 0 atom stereocenters. The van der Waals surface area contributed by atoms with Crippen molar-refractivity contribution in [2.45, 2.75) is 24.3 Å². The lowest BCUT2D eigenvalue weighted by molar-refractivity contribution is 1.34. The zero-order valence-electron chi connectivity index (χ0n) is 4.88. The van der Waals surface area contributed by atoms with E-state index in [4.69, 9.17) is 0 Å². The van der Waals surface area contributed by atoms with Gasteiger partial charge in [-0.15, -0.1) is 30.6 Å². The van der Waals surface area contributed by atoms with Crippen LogP contribution in [-0.4, -0.2) is 14.1 Å². The maximum absolute atomic E-state index is 3.84. The smallest absolute Gasteiger partial charge is 0.129 e. The van der Waals surface area contributed by atoms with E-state index in [0.29, 0.717) is 0 Å². The van der Waals surface area contributed by atoms with Gasteiger partial charge in [0.25, 0.3) is 0 Å². The Morgan fingerprint density at radius 1 is 1.62 bits per heavy atom. The van der Waals surface area contributed by atoms with Crippen LogP contribution >= 0.6 is 30.6 Å². The van der Waals surface area contributed by atoms with Crippen LogP contribution in [0.1, 0.15) is 6.92 Å². The van der Waals surface area contributed by atoms with Gasteiger partial charge in [0.15, 0.2) is 0 Å². The highest BCUT2D eigenvalue weighted by Crippen LogP contribution is 2.41. The van der Waals surface area contributed by atoms with Gasteiger partial charge in [-0.05, 0) is 11.3 Å². The van der Waals surface area contributed by atoms with Gasteiger partial charge >= 0.3 is 0 Å². The van der Waals surface area contributed by atoms with E-state index in [1.54, 1.807) is 0 Å². The summed E-state index contributed by atoms with van der Waals surface area (Å²) in [6.45, 7) is 1.58. The van der Waals surface area contributed by atoms with Gasteiger partial charge < -0.3 is 0 Å². The van der Waals surface area contributed by atoms with Crippen molar-refractivity contribution in [2.75, 3.05) is 0 Å². The highest BCUT2D eigenvalue weighted by Gasteiger charge is 2.42. The molecule has 0 bridgehead atoms. The van der Waals surface area contributed by atoms with Gasteiger partial charge in [0, 0.05) is 0 Å². The predicted molar refractivity (Wildman–Crippen MR) is 49.5 cm³/mol. The van der Waals surface area contributed by atoms with E-state index in [2.05, 4.69) is 37.5 Å². The van der Waals surface area contributed by atoms with Crippen LogP contribution in [0.5, 0.6) is 0 Å². The molecule has 0 unspecified atom stereocenters. The monoisotopic (exact) mass is 271 g/mol. The van der Waals surface area contributed by atoms with E-state index >= 15 is 0 Å². The molecule has 8 heavy (non-hydrogen) atoms. The Kier molecular flexibility index (Phi) is 2.40. The molecule has 0 aromatic heterocycles. The van der Waals surface area contributed by atoms with Crippen LogP contribution in [0.4, 0.5) is 0 Å². The molecule has 4 heteroatoms. The van der Waals surface area contributed by atoms with E-state index in [0.717, 1.165) is 0 Å². The summed E-state index contributed by atoms with van der Waals surface area (Å²) in [4.78, 5) is 0. The summed E-state index contributed by atoms with van der Waals surface area (Å²) in [5, 5.41) is 0. The van der Waals surface area contributed by atoms with Crippen molar-refractivity contribution in [3.63, 3.8) is 0 Å². The van der Waals surface area contributed by atoms with Crippen LogP contribution in [0, 0.1) is 0 Å². The molecule has 47 valence electrons. The zero-order chi connectivity index (χ0) is 6.20. The highest BCUT2D eigenvalue weighted by atomic mass is 79.9. The van der Waals surface area contributed by atoms with Crippen molar-refractivity contribution >= 4 is 44.7 Å². The average Bonchev–Trinajstić information content (AvgIpc) is 1.63. The van der Waals surface area contributed by atoms with Gasteiger partial charge in [0.05, 0.1) is 0 Å². The highest BCUT2D eigenvalue weighted by molar-refractivity contribution is 9.28. The van der Waals surface area contributed by atoms with Crippen LogP contribution in [0.2, 0.25) is 17.4 Å². The van der Waals surface area contributed by atoms with Crippen molar-refractivity contribution in [2.24, 2.45) is 0 Å². The van der Waals surface area contributed by atoms with Gasteiger partial charge in [0.2, 0.25) is 0 Å². The lowest BCUT2D eigenvalue weighted by Gasteiger charge is -2.36. The SMILES string of the molecule is CC[Si]1(Br)C[Si](Br)C1. The molecule has 0 spiro atoms. The minimum atomic E-state index is -0.723. The molecule has 0 N–H and O–H groups in total. The normalized spacial score (nSPS) is 27.4. The van der Waals surface area contributed by atoms with Crippen molar-refractivity contribution < 1.29 is 0 Å². The van der Waals surface area contributed by atoms with E-state index in [9.17, 15) is 0 Å². The van der Waals surface area contributed by atoms with Crippen molar-refractivity contribution in [3.8, 4) is 0 Å². The fourth-order valence-electron chi connectivity index (χ4n) is 0.886. The summed E-state index contributed by atoms with van der Waals surface area (Å²) < 4.78 is 0. The topological polar surface area (TPSA) is 0 Å². The minimum absolute atomic E-state index is 0.0157. The molecular weight excluding hydrogens is 264 g/mol. The van der Waals surface area contributed by atoms with Gasteiger partial charge in [-0.1, -0.05) is 13.0 Å². The fourth-order valence-corrected chi connectivity index (χ4v) is 30.5. The number of rotatable bonds is 1. The summed E-state index contributed by atoms with van der Waals surface area (Å²) in [6.07, 6.45) is 0. The molecule has 0 aliphatic carbocycles. The molecule has 1 rings (SSSR count). The molecule has 1 saturated heterocycles. The lowest BCUT2D eigenvalue weighted by Crippen LogP contribution is -2.44. The minimum Gasteiger partial charge on any atom is -0.129 e. The molecule has 0 aromatic rings. The second-order valence-electron chi connectivity index (χ2n) is 2.38. The van der Waals surface area contributed by atoms with E-state index < -0.39 is 6.69 Å². The maximum Gasteiger partial charge on any atom is 0.131 e. The Morgan fingerprint density at radius 3 is 2.25 bits per heavy atom. The maximum atomic E-state index is 3.84. The average molecular weight is 273 g/mol. The first-order chi connectivity index (χ1) is 3.66. The van der Waals surface area contributed by atoms with E-state index in [-0.39, 0.29) is 7.42 Å². The quantitative estimate of drug-likeness (QED) is 0.509. The van der Waals surface area contributed by atoms with Crippen LogP contribution in [-0.2, 0) is 0 Å². The summed E-state index contributed by atoms with van der Waals surface area (Å²) in [6, 6.07) is 1.42. The van der Waals surface area contributed by atoms with Crippen molar-refractivity contribution in [3.05, 3.63) is 0 Å². The molecule has 1 aliphatic heterocycles. The standard InChI is InChI=1S/C4H9Br2Si2/c1-2-8(6)3-7(5)4-8/h2-4H2,1H3. The molecule has 1 radical (unpaired) electrons. The molecule has 1 fully saturated rings. The third-order valence-corrected chi connectivity index (χ3v) is 22.8. The fraction of sp³-hybridized carbons (Fsp3) is 1.00. The molecule has 1 aliphatic rings. The molecule has 0 nitrogen and oxygen atoms in total. The van der Waals surface area contributed by atoms with Crippen molar-refractivity contribution in [1.29, 1.82) is 0 Å². The molecule has 0 aromatic carbocycles. The van der Waals surface area contributed by atoms with E-state index in [1.807, 2.05) is 0 Å². The summed E-state index contributed by atoms with van der Waals surface area (Å²) in [7, 11) is 0.0157. The Hall–Kier alpha value is 1.39. The molecule has 1 heterocycles. The van der Waals surface area contributed by atoms with Gasteiger partial charge in [0.1, 0.15) is 14.1 Å². The summed E-state index contributed by atoms with van der Waals surface area (Å²) in [5.41, 5.74) is 3.07. The third-order valence-electron chi connectivity index (χ3n) is 1.65. The summed E-state index contributed by atoms with van der Waals surface area (Å²) >= 11 is 7.52. The first-order valence-corrected chi connectivity index (χ1v) is 11.9. The van der Waals surface area contributed by atoms with Crippen LogP contribution in [0.25, 0.3) is 0 Å². The Balaban J connectivity index is 2.30. The van der Waals surface area contributed by atoms with Gasteiger partial charge in [-0.3, -0.25) is 0 Å². The second-order valence-corrected chi connectivity index (χ2v) is 17.7. The lowest BCUT2D eigenvalue weighted by atomic mass is 11.0. The predicted octanol–water partition coefficient (Wildman–Crippen LogP) is 2.83. The van der Waals surface area contributed by atoms with Crippen LogP contribution in [0.15, 0.2) is 0 Å². The number of halogens is 2. The molecule has 0 amide bonds.